The molecule has 0 aliphatic rings. The summed E-state index contributed by atoms with van der Waals surface area (Å²) < 4.78 is 5.23. The molecule has 1 aromatic rings. The van der Waals surface area contributed by atoms with E-state index in [0.29, 0.717) is 12.3 Å². The molecule has 1 atom stereocenters. The van der Waals surface area contributed by atoms with E-state index < -0.39 is 0 Å². The SMILES string of the molecule is COc1ccc(C)cc1NC(=O)C(C)CCCN. The number of amides is 1. The smallest absolute Gasteiger partial charge is 0.227 e. The van der Waals surface area contributed by atoms with Crippen LogP contribution >= 0.6 is 0 Å². The predicted octanol–water partition coefficient (Wildman–Crippen LogP) is 2.32. The fraction of sp³-hybridized carbons (Fsp3) is 0.500. The van der Waals surface area contributed by atoms with Crippen molar-refractivity contribution >= 4 is 11.6 Å². The Balaban J connectivity index is 2.71. The van der Waals surface area contributed by atoms with Crippen LogP contribution in [0.3, 0.4) is 0 Å². The highest BCUT2D eigenvalue weighted by molar-refractivity contribution is 5.93. The van der Waals surface area contributed by atoms with Crippen molar-refractivity contribution in [3.05, 3.63) is 23.8 Å². The van der Waals surface area contributed by atoms with Crippen molar-refractivity contribution in [1.29, 1.82) is 0 Å². The van der Waals surface area contributed by atoms with Gasteiger partial charge in [0.05, 0.1) is 12.8 Å². The summed E-state index contributed by atoms with van der Waals surface area (Å²) in [6.45, 7) is 4.51. The molecule has 1 rings (SSSR count). The lowest BCUT2D eigenvalue weighted by atomic mass is 10.0. The molecule has 100 valence electrons. The molecular weight excluding hydrogens is 228 g/mol. The Morgan fingerprint density at radius 2 is 2.22 bits per heavy atom. The van der Waals surface area contributed by atoms with Crippen LogP contribution in [-0.4, -0.2) is 19.6 Å². The summed E-state index contributed by atoms with van der Waals surface area (Å²) in [4.78, 5) is 12.0. The minimum absolute atomic E-state index is 0.00681. The van der Waals surface area contributed by atoms with Gasteiger partial charge in [-0.05, 0) is 44.0 Å². The van der Waals surface area contributed by atoms with E-state index in [9.17, 15) is 4.79 Å². The summed E-state index contributed by atoms with van der Waals surface area (Å²) in [6.07, 6.45) is 1.66. The molecular formula is C14H22N2O2. The Bertz CT molecular complexity index is 405. The van der Waals surface area contributed by atoms with E-state index in [1.54, 1.807) is 7.11 Å². The number of carbonyl (C=O) groups excluding carboxylic acids is 1. The lowest BCUT2D eigenvalue weighted by Crippen LogP contribution is -2.21. The Hall–Kier alpha value is -1.55. The quantitative estimate of drug-likeness (QED) is 0.814. The number of methoxy groups -OCH3 is 1. The highest BCUT2D eigenvalue weighted by atomic mass is 16.5. The molecule has 1 aromatic carbocycles. The van der Waals surface area contributed by atoms with Crippen molar-refractivity contribution in [2.75, 3.05) is 19.0 Å². The average Bonchev–Trinajstić information content (AvgIpc) is 2.36. The molecule has 0 fully saturated rings. The molecule has 0 aliphatic heterocycles. The standard InChI is InChI=1S/C14H22N2O2/c1-10-6-7-13(18-3)12(9-10)16-14(17)11(2)5-4-8-15/h6-7,9,11H,4-5,8,15H2,1-3H3,(H,16,17). The number of nitrogens with one attached hydrogen (secondary N) is 1. The van der Waals surface area contributed by atoms with Gasteiger partial charge in [0, 0.05) is 5.92 Å². The van der Waals surface area contributed by atoms with E-state index in [-0.39, 0.29) is 11.8 Å². The molecule has 0 aliphatic carbocycles. The third kappa shape index (κ3) is 4.04. The molecule has 4 nitrogen and oxygen atoms in total. The van der Waals surface area contributed by atoms with Crippen molar-refractivity contribution in [1.82, 2.24) is 0 Å². The summed E-state index contributed by atoms with van der Waals surface area (Å²) in [6, 6.07) is 5.72. The maximum atomic E-state index is 12.0. The van der Waals surface area contributed by atoms with Crippen molar-refractivity contribution < 1.29 is 9.53 Å². The van der Waals surface area contributed by atoms with Gasteiger partial charge in [-0.3, -0.25) is 4.79 Å². The third-order valence-electron chi connectivity index (χ3n) is 2.90. The number of ether oxygens (including phenoxy) is 1. The molecule has 3 N–H and O–H groups in total. The zero-order chi connectivity index (χ0) is 13.5. The van der Waals surface area contributed by atoms with Crippen LogP contribution in [0.5, 0.6) is 5.75 Å². The number of carbonyl (C=O) groups is 1. The van der Waals surface area contributed by atoms with Crippen LogP contribution in [0.2, 0.25) is 0 Å². The van der Waals surface area contributed by atoms with Crippen LogP contribution in [0.25, 0.3) is 0 Å². The molecule has 0 heterocycles. The Morgan fingerprint density at radius 3 is 2.83 bits per heavy atom. The van der Waals surface area contributed by atoms with E-state index >= 15 is 0 Å². The Labute approximate surface area is 109 Å². The lowest BCUT2D eigenvalue weighted by Gasteiger charge is -2.14. The minimum atomic E-state index is -0.0428. The molecule has 0 saturated carbocycles. The van der Waals surface area contributed by atoms with E-state index in [1.807, 2.05) is 32.0 Å². The molecule has 1 amide bonds. The van der Waals surface area contributed by atoms with E-state index in [1.165, 1.54) is 0 Å². The van der Waals surface area contributed by atoms with E-state index in [2.05, 4.69) is 5.32 Å². The topological polar surface area (TPSA) is 64.3 Å². The molecule has 0 spiro atoms. The number of hydrogen-bond acceptors (Lipinski definition) is 3. The van der Waals surface area contributed by atoms with Crippen molar-refractivity contribution in [2.45, 2.75) is 26.7 Å². The molecule has 18 heavy (non-hydrogen) atoms. The number of rotatable bonds is 6. The number of nitrogens with two attached hydrogens (primary N) is 1. The first-order valence-electron chi connectivity index (χ1n) is 6.24. The van der Waals surface area contributed by atoms with E-state index in [4.69, 9.17) is 10.5 Å². The zero-order valence-electron chi connectivity index (χ0n) is 11.3. The molecule has 0 saturated heterocycles. The second kappa shape index (κ2) is 7.01. The second-order valence-electron chi connectivity index (χ2n) is 4.52. The maximum absolute atomic E-state index is 12.0. The second-order valence-corrected chi connectivity index (χ2v) is 4.52. The van der Waals surface area contributed by atoms with Crippen LogP contribution in [0.15, 0.2) is 18.2 Å². The first-order chi connectivity index (χ1) is 8.58. The van der Waals surface area contributed by atoms with Gasteiger partial charge in [0.25, 0.3) is 0 Å². The van der Waals surface area contributed by atoms with E-state index in [0.717, 1.165) is 24.1 Å². The Kier molecular flexibility index (Phi) is 5.65. The summed E-state index contributed by atoms with van der Waals surface area (Å²) in [5, 5.41) is 2.91. The molecule has 1 unspecified atom stereocenters. The monoisotopic (exact) mass is 250 g/mol. The fourth-order valence-corrected chi connectivity index (χ4v) is 1.73. The van der Waals surface area contributed by atoms with Gasteiger partial charge >= 0.3 is 0 Å². The van der Waals surface area contributed by atoms with Crippen LogP contribution in [0.4, 0.5) is 5.69 Å². The number of anilines is 1. The predicted molar refractivity (Wildman–Crippen MR) is 73.8 cm³/mol. The van der Waals surface area contributed by atoms with Crippen molar-refractivity contribution in [3.63, 3.8) is 0 Å². The number of aryl methyl sites for hydroxylation is 1. The number of hydrogen-bond donors (Lipinski definition) is 2. The van der Waals surface area contributed by atoms with Crippen molar-refractivity contribution in [3.8, 4) is 5.75 Å². The zero-order valence-corrected chi connectivity index (χ0v) is 11.3. The first-order valence-corrected chi connectivity index (χ1v) is 6.24. The fourth-order valence-electron chi connectivity index (χ4n) is 1.73. The van der Waals surface area contributed by atoms with Crippen LogP contribution in [-0.2, 0) is 4.79 Å². The van der Waals surface area contributed by atoms with Gasteiger partial charge in [0.1, 0.15) is 5.75 Å². The molecule has 0 bridgehead atoms. The van der Waals surface area contributed by atoms with Gasteiger partial charge in [-0.15, -0.1) is 0 Å². The van der Waals surface area contributed by atoms with Crippen LogP contribution in [0, 0.1) is 12.8 Å². The van der Waals surface area contributed by atoms with Gasteiger partial charge in [0.15, 0.2) is 0 Å². The third-order valence-corrected chi connectivity index (χ3v) is 2.90. The van der Waals surface area contributed by atoms with Crippen molar-refractivity contribution in [2.24, 2.45) is 11.7 Å². The molecule has 0 aromatic heterocycles. The highest BCUT2D eigenvalue weighted by Gasteiger charge is 2.14. The highest BCUT2D eigenvalue weighted by Crippen LogP contribution is 2.25. The summed E-state index contributed by atoms with van der Waals surface area (Å²) >= 11 is 0. The minimum Gasteiger partial charge on any atom is -0.495 e. The number of benzene rings is 1. The summed E-state index contributed by atoms with van der Waals surface area (Å²) in [7, 11) is 1.60. The van der Waals surface area contributed by atoms with Gasteiger partial charge in [-0.25, -0.2) is 0 Å². The largest absolute Gasteiger partial charge is 0.495 e. The molecule has 4 heteroatoms. The maximum Gasteiger partial charge on any atom is 0.227 e. The van der Waals surface area contributed by atoms with Gasteiger partial charge in [-0.1, -0.05) is 13.0 Å². The summed E-state index contributed by atoms with van der Waals surface area (Å²) in [5.74, 6) is 0.645. The van der Waals surface area contributed by atoms with Gasteiger partial charge in [-0.2, -0.15) is 0 Å². The Morgan fingerprint density at radius 1 is 1.50 bits per heavy atom. The van der Waals surface area contributed by atoms with Crippen LogP contribution in [0.1, 0.15) is 25.3 Å². The summed E-state index contributed by atoms with van der Waals surface area (Å²) in [5.41, 5.74) is 7.25. The van der Waals surface area contributed by atoms with Gasteiger partial charge in [0.2, 0.25) is 5.91 Å². The first kappa shape index (κ1) is 14.5. The van der Waals surface area contributed by atoms with Crippen LogP contribution < -0.4 is 15.8 Å². The normalized spacial score (nSPS) is 12.0. The van der Waals surface area contributed by atoms with Gasteiger partial charge < -0.3 is 15.8 Å². The molecule has 0 radical (unpaired) electrons. The lowest BCUT2D eigenvalue weighted by molar-refractivity contribution is -0.119. The average molecular weight is 250 g/mol.